The van der Waals surface area contributed by atoms with Gasteiger partial charge in [-0.05, 0) is 22.6 Å². The van der Waals surface area contributed by atoms with Crippen molar-refractivity contribution >= 4 is 28.6 Å². The fourth-order valence-corrected chi connectivity index (χ4v) is 1.07. The first-order valence-electron chi connectivity index (χ1n) is 2.80. The molecule has 1 aromatic heterocycles. The average molecular weight is 264 g/mol. The molecule has 0 spiro atoms. The summed E-state index contributed by atoms with van der Waals surface area (Å²) in [6, 6.07) is 0. The number of ether oxygens (including phenoxy) is 1. The summed E-state index contributed by atoms with van der Waals surface area (Å²) in [5.41, 5.74) is 0.260. The molecule has 0 aliphatic rings. The first kappa shape index (κ1) is 8.38. The monoisotopic (exact) mass is 264 g/mol. The van der Waals surface area contributed by atoms with E-state index in [4.69, 9.17) is 0 Å². The predicted molar refractivity (Wildman–Crippen MR) is 46.1 cm³/mol. The predicted octanol–water partition coefficient (Wildman–Crippen LogP) is 0.868. The van der Waals surface area contributed by atoms with E-state index in [1.807, 2.05) is 22.6 Å². The number of halogens is 1. The van der Waals surface area contributed by atoms with Gasteiger partial charge in [0.25, 0.3) is 0 Å². The van der Waals surface area contributed by atoms with Gasteiger partial charge >= 0.3 is 5.97 Å². The first-order chi connectivity index (χ1) is 5.25. The van der Waals surface area contributed by atoms with Crippen LogP contribution in [0.3, 0.4) is 0 Å². The first-order valence-corrected chi connectivity index (χ1v) is 3.88. The van der Waals surface area contributed by atoms with Crippen molar-refractivity contribution in [2.45, 2.75) is 0 Å². The van der Waals surface area contributed by atoms with Crippen molar-refractivity contribution in [2.24, 2.45) is 0 Å². The van der Waals surface area contributed by atoms with Crippen molar-refractivity contribution in [1.29, 1.82) is 0 Å². The van der Waals surface area contributed by atoms with E-state index in [1.165, 1.54) is 19.5 Å². The van der Waals surface area contributed by atoms with E-state index in [0.717, 1.165) is 0 Å². The Hall–Kier alpha value is -0.720. The highest BCUT2D eigenvalue weighted by Crippen LogP contribution is 2.05. The lowest BCUT2D eigenvalue weighted by Crippen LogP contribution is -2.07. The molecule has 0 aliphatic carbocycles. The van der Waals surface area contributed by atoms with Gasteiger partial charge in [0.15, 0.2) is 5.69 Å². The van der Waals surface area contributed by atoms with Crippen LogP contribution in [0.1, 0.15) is 10.5 Å². The summed E-state index contributed by atoms with van der Waals surface area (Å²) in [6.45, 7) is 0. The fraction of sp³-hybridized carbons (Fsp3) is 0.167. The molecule has 0 saturated carbocycles. The highest BCUT2D eigenvalue weighted by molar-refractivity contribution is 14.1. The zero-order chi connectivity index (χ0) is 8.27. The number of hydrogen-bond acceptors (Lipinski definition) is 4. The molecule has 1 heterocycles. The molecule has 0 aromatic carbocycles. The molecule has 5 heteroatoms. The molecule has 0 unspecified atom stereocenters. The van der Waals surface area contributed by atoms with Gasteiger partial charge in [-0.25, -0.2) is 14.8 Å². The van der Waals surface area contributed by atoms with E-state index in [1.54, 1.807) is 0 Å². The number of esters is 1. The highest BCUT2D eigenvalue weighted by atomic mass is 127. The van der Waals surface area contributed by atoms with E-state index in [2.05, 4.69) is 14.7 Å². The lowest BCUT2D eigenvalue weighted by atomic mass is 10.5. The minimum atomic E-state index is -0.456. The standard InChI is InChI=1S/C6H5IN2O2/c1-11-6(10)4-5(7)9-3-2-8-4/h2-3H,1H3. The van der Waals surface area contributed by atoms with Crippen molar-refractivity contribution in [1.82, 2.24) is 9.97 Å². The molecule has 11 heavy (non-hydrogen) atoms. The van der Waals surface area contributed by atoms with Gasteiger partial charge in [-0.2, -0.15) is 0 Å². The number of methoxy groups -OCH3 is 1. The van der Waals surface area contributed by atoms with Gasteiger partial charge in [0.1, 0.15) is 3.70 Å². The average Bonchev–Trinajstić information content (AvgIpc) is 2.04. The molecule has 0 aliphatic heterocycles. The maximum Gasteiger partial charge on any atom is 0.359 e. The summed E-state index contributed by atoms with van der Waals surface area (Å²) < 4.78 is 5.02. The highest BCUT2D eigenvalue weighted by Gasteiger charge is 2.10. The van der Waals surface area contributed by atoms with Crippen molar-refractivity contribution in [3.8, 4) is 0 Å². The molecule has 0 amide bonds. The SMILES string of the molecule is COC(=O)c1nccnc1I. The van der Waals surface area contributed by atoms with Crippen LogP contribution in [0.15, 0.2) is 12.4 Å². The van der Waals surface area contributed by atoms with Crippen LogP contribution in [-0.2, 0) is 4.74 Å². The number of carbonyl (C=O) groups excluding carboxylic acids is 1. The third-order valence-electron chi connectivity index (χ3n) is 1.03. The van der Waals surface area contributed by atoms with E-state index in [9.17, 15) is 4.79 Å². The summed E-state index contributed by atoms with van der Waals surface area (Å²) in [5, 5.41) is 0. The van der Waals surface area contributed by atoms with Crippen molar-refractivity contribution in [2.75, 3.05) is 7.11 Å². The minimum Gasteiger partial charge on any atom is -0.464 e. The zero-order valence-electron chi connectivity index (χ0n) is 5.74. The second kappa shape index (κ2) is 3.61. The van der Waals surface area contributed by atoms with Crippen molar-refractivity contribution in [3.63, 3.8) is 0 Å². The topological polar surface area (TPSA) is 52.1 Å². The molecule has 0 bridgehead atoms. The van der Waals surface area contributed by atoms with E-state index in [-0.39, 0.29) is 5.69 Å². The molecule has 4 nitrogen and oxygen atoms in total. The second-order valence-corrected chi connectivity index (χ2v) is 2.71. The Kier molecular flexibility index (Phi) is 2.75. The molecule has 0 radical (unpaired) electrons. The Balaban J connectivity index is 3.03. The molecule has 0 saturated heterocycles. The van der Waals surface area contributed by atoms with Gasteiger partial charge in [0, 0.05) is 12.4 Å². The largest absolute Gasteiger partial charge is 0.464 e. The zero-order valence-corrected chi connectivity index (χ0v) is 7.90. The van der Waals surface area contributed by atoms with Crippen LogP contribution >= 0.6 is 22.6 Å². The van der Waals surface area contributed by atoms with Gasteiger partial charge in [-0.1, -0.05) is 0 Å². The quantitative estimate of drug-likeness (QED) is 0.557. The Morgan fingerprint density at radius 3 is 2.73 bits per heavy atom. The number of carbonyl (C=O) groups is 1. The third-order valence-corrected chi connectivity index (χ3v) is 1.82. The number of rotatable bonds is 1. The van der Waals surface area contributed by atoms with Gasteiger partial charge < -0.3 is 4.74 Å². The lowest BCUT2D eigenvalue weighted by Gasteiger charge is -1.97. The van der Waals surface area contributed by atoms with Gasteiger partial charge in [0.05, 0.1) is 7.11 Å². The third kappa shape index (κ3) is 1.86. The molecule has 58 valence electrons. The van der Waals surface area contributed by atoms with E-state index < -0.39 is 5.97 Å². The summed E-state index contributed by atoms with van der Waals surface area (Å²) in [5.74, 6) is -0.456. The molecule has 0 atom stereocenters. The number of aromatic nitrogens is 2. The lowest BCUT2D eigenvalue weighted by molar-refractivity contribution is 0.0592. The van der Waals surface area contributed by atoms with Crippen LogP contribution in [0.5, 0.6) is 0 Å². The minimum absolute atomic E-state index is 0.260. The van der Waals surface area contributed by atoms with Gasteiger partial charge in [0.2, 0.25) is 0 Å². The number of hydrogen-bond donors (Lipinski definition) is 0. The summed E-state index contributed by atoms with van der Waals surface area (Å²) in [4.78, 5) is 18.6. The maximum atomic E-state index is 10.9. The molecule has 0 fully saturated rings. The van der Waals surface area contributed by atoms with Crippen LogP contribution < -0.4 is 0 Å². The van der Waals surface area contributed by atoms with Crippen LogP contribution in [0.25, 0.3) is 0 Å². The van der Waals surface area contributed by atoms with Crippen LogP contribution in [0.2, 0.25) is 0 Å². The van der Waals surface area contributed by atoms with Crippen molar-refractivity contribution in [3.05, 3.63) is 21.8 Å². The molecule has 1 rings (SSSR count). The Bertz CT molecular complexity index is 277. The normalized spacial score (nSPS) is 9.27. The fourth-order valence-electron chi connectivity index (χ4n) is 0.555. The van der Waals surface area contributed by atoms with Crippen LogP contribution in [-0.4, -0.2) is 23.0 Å². The van der Waals surface area contributed by atoms with Gasteiger partial charge in [-0.15, -0.1) is 0 Å². The summed E-state index contributed by atoms with van der Waals surface area (Å²) in [7, 11) is 1.31. The number of nitrogens with zero attached hydrogens (tertiary/aromatic N) is 2. The van der Waals surface area contributed by atoms with Crippen LogP contribution in [0.4, 0.5) is 0 Å². The summed E-state index contributed by atoms with van der Waals surface area (Å²) in [6.07, 6.45) is 2.97. The Morgan fingerprint density at radius 1 is 1.55 bits per heavy atom. The smallest absolute Gasteiger partial charge is 0.359 e. The molecule has 0 N–H and O–H groups in total. The molecule has 1 aromatic rings. The molecular formula is C6H5IN2O2. The summed E-state index contributed by atoms with van der Waals surface area (Å²) >= 11 is 1.92. The van der Waals surface area contributed by atoms with Crippen LogP contribution in [0, 0.1) is 3.70 Å². The second-order valence-electron chi connectivity index (χ2n) is 1.69. The van der Waals surface area contributed by atoms with Crippen molar-refractivity contribution < 1.29 is 9.53 Å². The van der Waals surface area contributed by atoms with E-state index >= 15 is 0 Å². The van der Waals surface area contributed by atoms with Gasteiger partial charge in [-0.3, -0.25) is 0 Å². The van der Waals surface area contributed by atoms with E-state index in [0.29, 0.717) is 3.70 Å². The Morgan fingerprint density at radius 2 is 2.18 bits per heavy atom. The Labute approximate surface area is 77.1 Å². The maximum absolute atomic E-state index is 10.9. The molecular weight excluding hydrogens is 259 g/mol.